The van der Waals surface area contributed by atoms with Crippen LogP contribution in [0.25, 0.3) is 0 Å². The molecular formula is C21H19ClN2O4S. The summed E-state index contributed by atoms with van der Waals surface area (Å²) in [6.07, 6.45) is 0.0895. The van der Waals surface area contributed by atoms with Gasteiger partial charge in [-0.05, 0) is 36.4 Å². The fraction of sp³-hybridized carbons (Fsp3) is 0.286. The fourth-order valence-corrected chi connectivity index (χ4v) is 4.70. The molecule has 2 aliphatic heterocycles. The summed E-state index contributed by atoms with van der Waals surface area (Å²) in [6, 6.07) is 13.8. The molecule has 0 aromatic heterocycles. The monoisotopic (exact) mass is 430 g/mol. The molecule has 150 valence electrons. The van der Waals surface area contributed by atoms with E-state index in [-0.39, 0.29) is 24.1 Å². The standard InChI is InChI=1S/C21H19ClN2O4S/c22-14-5-7-15(8-6-14)24-19(25)13-18(21(24)27)29-17-4-2-1-3-16(17)20(26)23-9-11-28-12-10-23/h1-8,18H,9-13H2. The minimum Gasteiger partial charge on any atom is -0.378 e. The number of nitrogens with zero attached hydrogens (tertiary/aromatic N) is 2. The first-order valence-electron chi connectivity index (χ1n) is 9.29. The fourth-order valence-electron chi connectivity index (χ4n) is 3.39. The van der Waals surface area contributed by atoms with Gasteiger partial charge in [-0.3, -0.25) is 14.4 Å². The van der Waals surface area contributed by atoms with E-state index in [0.29, 0.717) is 47.5 Å². The first-order chi connectivity index (χ1) is 14.0. The van der Waals surface area contributed by atoms with Crippen molar-refractivity contribution in [2.45, 2.75) is 16.6 Å². The lowest BCUT2D eigenvalue weighted by molar-refractivity contribution is -0.121. The molecule has 2 aromatic carbocycles. The Hall–Kier alpha value is -2.35. The van der Waals surface area contributed by atoms with Crippen molar-refractivity contribution in [1.82, 2.24) is 4.90 Å². The molecule has 3 amide bonds. The first-order valence-corrected chi connectivity index (χ1v) is 10.6. The number of ether oxygens (including phenoxy) is 1. The van der Waals surface area contributed by atoms with E-state index in [0.717, 1.165) is 0 Å². The first kappa shape index (κ1) is 19.9. The minimum atomic E-state index is -0.572. The topological polar surface area (TPSA) is 66.9 Å². The molecule has 0 spiro atoms. The van der Waals surface area contributed by atoms with Gasteiger partial charge in [0, 0.05) is 29.4 Å². The van der Waals surface area contributed by atoms with Crippen LogP contribution < -0.4 is 4.90 Å². The van der Waals surface area contributed by atoms with E-state index in [1.54, 1.807) is 41.3 Å². The van der Waals surface area contributed by atoms with Gasteiger partial charge in [0.05, 0.1) is 29.7 Å². The van der Waals surface area contributed by atoms with Gasteiger partial charge < -0.3 is 9.64 Å². The number of carbonyl (C=O) groups excluding carboxylic acids is 3. The van der Waals surface area contributed by atoms with Gasteiger partial charge in [-0.25, -0.2) is 4.90 Å². The number of amides is 3. The number of halogens is 1. The van der Waals surface area contributed by atoms with Gasteiger partial charge in [0.15, 0.2) is 0 Å². The number of rotatable bonds is 4. The predicted molar refractivity (Wildman–Crippen MR) is 111 cm³/mol. The zero-order valence-corrected chi connectivity index (χ0v) is 17.1. The van der Waals surface area contributed by atoms with Gasteiger partial charge in [0.2, 0.25) is 11.8 Å². The Morgan fingerprint density at radius 2 is 1.72 bits per heavy atom. The Balaban J connectivity index is 1.54. The molecule has 2 heterocycles. The van der Waals surface area contributed by atoms with Gasteiger partial charge >= 0.3 is 0 Å². The van der Waals surface area contributed by atoms with Crippen LogP contribution >= 0.6 is 23.4 Å². The molecule has 2 saturated heterocycles. The molecule has 6 nitrogen and oxygen atoms in total. The maximum Gasteiger partial charge on any atom is 0.255 e. The molecule has 2 aromatic rings. The van der Waals surface area contributed by atoms with Gasteiger partial charge in [-0.1, -0.05) is 23.7 Å². The summed E-state index contributed by atoms with van der Waals surface area (Å²) < 4.78 is 5.32. The second-order valence-electron chi connectivity index (χ2n) is 6.76. The van der Waals surface area contributed by atoms with Gasteiger partial charge in [0.25, 0.3) is 5.91 Å². The van der Waals surface area contributed by atoms with E-state index in [1.807, 2.05) is 12.1 Å². The number of imide groups is 1. The molecule has 0 aliphatic carbocycles. The third-order valence-corrected chi connectivity index (χ3v) is 6.39. The summed E-state index contributed by atoms with van der Waals surface area (Å²) in [7, 11) is 0. The maximum atomic E-state index is 12.9. The van der Waals surface area contributed by atoms with Gasteiger partial charge in [-0.15, -0.1) is 11.8 Å². The zero-order chi connectivity index (χ0) is 20.4. The lowest BCUT2D eigenvalue weighted by atomic mass is 10.2. The summed E-state index contributed by atoms with van der Waals surface area (Å²) in [5.41, 5.74) is 1.05. The van der Waals surface area contributed by atoms with Crippen LogP contribution in [0.1, 0.15) is 16.8 Å². The van der Waals surface area contributed by atoms with Crippen molar-refractivity contribution in [1.29, 1.82) is 0 Å². The molecule has 1 atom stereocenters. The number of hydrogen-bond donors (Lipinski definition) is 0. The second-order valence-corrected chi connectivity index (χ2v) is 8.44. The smallest absolute Gasteiger partial charge is 0.255 e. The molecule has 2 fully saturated rings. The molecular weight excluding hydrogens is 412 g/mol. The molecule has 29 heavy (non-hydrogen) atoms. The number of morpholine rings is 1. The molecule has 0 bridgehead atoms. The molecule has 0 saturated carbocycles. The molecule has 8 heteroatoms. The Morgan fingerprint density at radius 3 is 2.45 bits per heavy atom. The molecule has 0 N–H and O–H groups in total. The van der Waals surface area contributed by atoms with Gasteiger partial charge in [-0.2, -0.15) is 0 Å². The highest BCUT2D eigenvalue weighted by atomic mass is 35.5. The number of hydrogen-bond acceptors (Lipinski definition) is 5. The van der Waals surface area contributed by atoms with E-state index >= 15 is 0 Å². The average molecular weight is 431 g/mol. The van der Waals surface area contributed by atoms with Crippen molar-refractivity contribution in [2.24, 2.45) is 0 Å². The summed E-state index contributed by atoms with van der Waals surface area (Å²) in [6.45, 7) is 2.13. The van der Waals surface area contributed by atoms with E-state index in [2.05, 4.69) is 0 Å². The highest BCUT2D eigenvalue weighted by molar-refractivity contribution is 8.00. The van der Waals surface area contributed by atoms with Gasteiger partial charge in [0.1, 0.15) is 0 Å². The third kappa shape index (κ3) is 4.17. The van der Waals surface area contributed by atoms with Crippen molar-refractivity contribution < 1.29 is 19.1 Å². The van der Waals surface area contributed by atoms with Crippen LogP contribution in [0.4, 0.5) is 5.69 Å². The van der Waals surface area contributed by atoms with Crippen molar-refractivity contribution in [3.05, 3.63) is 59.1 Å². The number of thioether (sulfide) groups is 1. The van der Waals surface area contributed by atoms with E-state index in [4.69, 9.17) is 16.3 Å². The average Bonchev–Trinajstić information content (AvgIpc) is 3.02. The third-order valence-electron chi connectivity index (χ3n) is 4.88. The van der Waals surface area contributed by atoms with Crippen LogP contribution in [0.2, 0.25) is 5.02 Å². The number of anilines is 1. The Kier molecular flexibility index (Phi) is 5.89. The molecule has 0 radical (unpaired) electrons. The quantitative estimate of drug-likeness (QED) is 0.696. The highest BCUT2D eigenvalue weighted by Crippen LogP contribution is 2.36. The highest BCUT2D eigenvalue weighted by Gasteiger charge is 2.40. The van der Waals surface area contributed by atoms with Crippen molar-refractivity contribution in [3.8, 4) is 0 Å². The lowest BCUT2D eigenvalue weighted by Gasteiger charge is -2.27. The van der Waals surface area contributed by atoms with Crippen LogP contribution in [-0.4, -0.2) is 54.2 Å². The van der Waals surface area contributed by atoms with Crippen molar-refractivity contribution in [3.63, 3.8) is 0 Å². The van der Waals surface area contributed by atoms with Crippen molar-refractivity contribution >= 4 is 46.8 Å². The van der Waals surface area contributed by atoms with Crippen LogP contribution in [0, 0.1) is 0 Å². The Bertz CT molecular complexity index is 944. The van der Waals surface area contributed by atoms with E-state index < -0.39 is 5.25 Å². The summed E-state index contributed by atoms with van der Waals surface area (Å²) in [5.74, 6) is -0.620. The summed E-state index contributed by atoms with van der Waals surface area (Å²) >= 11 is 7.17. The lowest BCUT2D eigenvalue weighted by Crippen LogP contribution is -2.40. The summed E-state index contributed by atoms with van der Waals surface area (Å²) in [5, 5.41) is -0.0360. The largest absolute Gasteiger partial charge is 0.378 e. The number of benzene rings is 2. The number of carbonyl (C=O) groups is 3. The van der Waals surface area contributed by atoms with E-state index in [1.165, 1.54) is 16.7 Å². The normalized spacial score (nSPS) is 19.7. The Labute approximate surface area is 177 Å². The second kappa shape index (κ2) is 8.57. The predicted octanol–water partition coefficient (Wildman–Crippen LogP) is 3.24. The van der Waals surface area contributed by atoms with Crippen LogP contribution in [0.5, 0.6) is 0 Å². The van der Waals surface area contributed by atoms with Crippen LogP contribution in [-0.2, 0) is 14.3 Å². The van der Waals surface area contributed by atoms with Crippen molar-refractivity contribution in [2.75, 3.05) is 31.2 Å². The van der Waals surface area contributed by atoms with E-state index in [9.17, 15) is 14.4 Å². The van der Waals surface area contributed by atoms with Crippen LogP contribution in [0.15, 0.2) is 53.4 Å². The Morgan fingerprint density at radius 1 is 1.03 bits per heavy atom. The maximum absolute atomic E-state index is 12.9. The minimum absolute atomic E-state index is 0.0808. The molecule has 4 rings (SSSR count). The zero-order valence-electron chi connectivity index (χ0n) is 15.5. The van der Waals surface area contributed by atoms with Crippen LogP contribution in [0.3, 0.4) is 0 Å². The summed E-state index contributed by atoms with van der Waals surface area (Å²) in [4.78, 5) is 42.0. The SMILES string of the molecule is O=C(c1ccccc1SC1CC(=O)N(c2ccc(Cl)cc2)C1=O)N1CCOCC1. The molecule has 1 unspecified atom stereocenters. The molecule has 2 aliphatic rings.